The SMILES string of the molecule is COc1cccc(-c2nnc(NS(=O)(=O)[C@@H](C)[C@@H](O)c3ccccc3OC)n2-c2c(OC)cccc2OC)n1. The minimum Gasteiger partial charge on any atom is -0.496 e. The van der Waals surface area contributed by atoms with Gasteiger partial charge in [-0.1, -0.05) is 30.3 Å². The fraction of sp³-hybridized carbons (Fsp3) is 0.269. The van der Waals surface area contributed by atoms with Gasteiger partial charge >= 0.3 is 0 Å². The summed E-state index contributed by atoms with van der Waals surface area (Å²) in [5.74, 6) is 1.43. The van der Waals surface area contributed by atoms with Crippen molar-refractivity contribution in [1.82, 2.24) is 19.7 Å². The van der Waals surface area contributed by atoms with Crippen molar-refractivity contribution in [3.8, 4) is 40.3 Å². The van der Waals surface area contributed by atoms with E-state index in [4.69, 9.17) is 18.9 Å². The smallest absolute Gasteiger partial charge is 0.243 e. The largest absolute Gasteiger partial charge is 0.496 e. The number of hydrogen-bond donors (Lipinski definition) is 2. The van der Waals surface area contributed by atoms with E-state index in [0.717, 1.165) is 0 Å². The van der Waals surface area contributed by atoms with Crippen LogP contribution in [-0.2, 0) is 10.0 Å². The number of nitrogens with one attached hydrogen (secondary N) is 1. The second kappa shape index (κ2) is 11.6. The van der Waals surface area contributed by atoms with E-state index in [2.05, 4.69) is 19.9 Å². The summed E-state index contributed by atoms with van der Waals surface area (Å²) >= 11 is 0. The molecule has 2 N–H and O–H groups in total. The molecule has 13 heteroatoms. The Morgan fingerprint density at radius 3 is 2.08 bits per heavy atom. The molecular formula is C26H29N5O7S. The van der Waals surface area contributed by atoms with Crippen LogP contribution in [0, 0.1) is 0 Å². The lowest BCUT2D eigenvalue weighted by Gasteiger charge is -2.22. The molecule has 0 fully saturated rings. The number of sulfonamides is 1. The topological polar surface area (TPSA) is 147 Å². The molecule has 0 spiro atoms. The molecule has 0 saturated heterocycles. The molecule has 2 atom stereocenters. The Hall–Kier alpha value is -4.36. The zero-order valence-electron chi connectivity index (χ0n) is 22.0. The first-order valence-electron chi connectivity index (χ1n) is 11.8. The third kappa shape index (κ3) is 5.45. The van der Waals surface area contributed by atoms with E-state index in [1.807, 2.05) is 0 Å². The lowest BCUT2D eigenvalue weighted by atomic mass is 10.1. The van der Waals surface area contributed by atoms with Crippen molar-refractivity contribution in [3.63, 3.8) is 0 Å². The van der Waals surface area contributed by atoms with Gasteiger partial charge in [0.1, 0.15) is 40.0 Å². The van der Waals surface area contributed by atoms with Crippen molar-refractivity contribution < 1.29 is 32.5 Å². The second-order valence-electron chi connectivity index (χ2n) is 8.30. The summed E-state index contributed by atoms with van der Waals surface area (Å²) < 4.78 is 52.7. The van der Waals surface area contributed by atoms with Gasteiger partial charge in [0, 0.05) is 11.6 Å². The number of hydrogen-bond acceptors (Lipinski definition) is 10. The van der Waals surface area contributed by atoms with Crippen LogP contribution in [0.2, 0.25) is 0 Å². The molecule has 12 nitrogen and oxygen atoms in total. The fourth-order valence-electron chi connectivity index (χ4n) is 3.99. The molecule has 0 unspecified atom stereocenters. The quantitative estimate of drug-likeness (QED) is 0.283. The number of aliphatic hydroxyl groups is 1. The monoisotopic (exact) mass is 555 g/mol. The van der Waals surface area contributed by atoms with Crippen molar-refractivity contribution in [1.29, 1.82) is 0 Å². The minimum atomic E-state index is -4.24. The van der Waals surface area contributed by atoms with Crippen molar-refractivity contribution in [3.05, 3.63) is 66.2 Å². The molecule has 206 valence electrons. The number of benzene rings is 2. The lowest BCUT2D eigenvalue weighted by Crippen LogP contribution is -2.32. The van der Waals surface area contributed by atoms with Crippen LogP contribution in [0.1, 0.15) is 18.6 Å². The average molecular weight is 556 g/mol. The molecule has 0 amide bonds. The maximum atomic E-state index is 13.6. The zero-order chi connectivity index (χ0) is 28.2. The van der Waals surface area contributed by atoms with E-state index in [-0.39, 0.29) is 11.8 Å². The molecule has 0 aliphatic rings. The molecule has 4 rings (SSSR count). The number of ether oxygens (including phenoxy) is 4. The molecule has 2 heterocycles. The summed E-state index contributed by atoms with van der Waals surface area (Å²) in [5, 5.41) is 18.1. The predicted octanol–water partition coefficient (Wildman–Crippen LogP) is 3.23. The second-order valence-corrected chi connectivity index (χ2v) is 10.3. The van der Waals surface area contributed by atoms with Gasteiger partial charge in [-0.25, -0.2) is 13.4 Å². The van der Waals surface area contributed by atoms with Crippen LogP contribution in [0.4, 0.5) is 5.95 Å². The van der Waals surface area contributed by atoms with Crippen LogP contribution >= 0.6 is 0 Å². The summed E-state index contributed by atoms with van der Waals surface area (Å²) in [6, 6.07) is 16.8. The van der Waals surface area contributed by atoms with Gasteiger partial charge in [0.2, 0.25) is 21.9 Å². The lowest BCUT2D eigenvalue weighted by molar-refractivity contribution is 0.172. The molecule has 0 radical (unpaired) electrons. The van der Waals surface area contributed by atoms with Gasteiger partial charge in [-0.3, -0.25) is 9.29 Å². The van der Waals surface area contributed by atoms with Crippen LogP contribution in [0.25, 0.3) is 17.2 Å². The van der Waals surface area contributed by atoms with E-state index < -0.39 is 21.4 Å². The highest BCUT2D eigenvalue weighted by molar-refractivity contribution is 7.93. The van der Waals surface area contributed by atoms with Gasteiger partial charge in [-0.05, 0) is 31.2 Å². The number of rotatable bonds is 11. The third-order valence-electron chi connectivity index (χ3n) is 6.08. The summed E-state index contributed by atoms with van der Waals surface area (Å²) in [5.41, 5.74) is 1.01. The van der Waals surface area contributed by atoms with Gasteiger partial charge in [-0.2, -0.15) is 0 Å². The number of pyridine rings is 1. The Morgan fingerprint density at radius 2 is 1.44 bits per heavy atom. The Balaban J connectivity index is 1.85. The van der Waals surface area contributed by atoms with Crippen molar-refractivity contribution in [2.45, 2.75) is 18.3 Å². The number of anilines is 1. The Kier molecular flexibility index (Phi) is 8.21. The number of aliphatic hydroxyl groups excluding tert-OH is 1. The predicted molar refractivity (Wildman–Crippen MR) is 144 cm³/mol. The summed E-state index contributed by atoms with van der Waals surface area (Å²) in [4.78, 5) is 4.43. The standard InChI is InChI=1S/C26H29N5O7S/c1-16(24(32)17-10-6-7-12-19(17)35-2)39(33,34)30-26-29-28-25(18-11-8-15-22(27-18)38-5)31(26)23-20(36-3)13-9-14-21(23)37-4/h6-16,24,32H,1-5H3,(H,29,30)/t16-,24+/m0/s1. The number of para-hydroxylation sites is 2. The Morgan fingerprint density at radius 1 is 0.821 bits per heavy atom. The van der Waals surface area contributed by atoms with Crippen molar-refractivity contribution in [2.75, 3.05) is 33.2 Å². The van der Waals surface area contributed by atoms with E-state index >= 15 is 0 Å². The number of methoxy groups -OCH3 is 4. The van der Waals surface area contributed by atoms with Gasteiger partial charge in [0.05, 0.1) is 28.4 Å². The number of nitrogens with zero attached hydrogens (tertiary/aromatic N) is 4. The van der Waals surface area contributed by atoms with E-state index in [1.165, 1.54) is 39.9 Å². The summed E-state index contributed by atoms with van der Waals surface area (Å²) in [6.45, 7) is 1.38. The molecule has 2 aromatic heterocycles. The first-order chi connectivity index (χ1) is 18.7. The molecule has 0 aliphatic carbocycles. The molecule has 0 aliphatic heterocycles. The maximum absolute atomic E-state index is 13.6. The molecule has 0 bridgehead atoms. The number of aromatic nitrogens is 4. The van der Waals surface area contributed by atoms with Crippen LogP contribution in [0.3, 0.4) is 0 Å². The van der Waals surface area contributed by atoms with E-state index in [0.29, 0.717) is 40.1 Å². The highest BCUT2D eigenvalue weighted by Gasteiger charge is 2.33. The van der Waals surface area contributed by atoms with Crippen molar-refractivity contribution >= 4 is 16.0 Å². The van der Waals surface area contributed by atoms with Crippen LogP contribution < -0.4 is 23.7 Å². The minimum absolute atomic E-state index is 0.170. The van der Waals surface area contributed by atoms with Gasteiger partial charge < -0.3 is 24.1 Å². The molecular weight excluding hydrogens is 526 g/mol. The molecule has 2 aromatic carbocycles. The summed E-state index contributed by atoms with van der Waals surface area (Å²) in [6.07, 6.45) is -1.41. The van der Waals surface area contributed by atoms with E-state index in [9.17, 15) is 13.5 Å². The van der Waals surface area contributed by atoms with Crippen molar-refractivity contribution in [2.24, 2.45) is 0 Å². The van der Waals surface area contributed by atoms with E-state index in [1.54, 1.807) is 60.7 Å². The molecule has 4 aromatic rings. The average Bonchev–Trinajstić information content (AvgIpc) is 3.37. The normalized spacial score (nSPS) is 12.9. The Labute approximate surface area is 226 Å². The molecule has 39 heavy (non-hydrogen) atoms. The first kappa shape index (κ1) is 27.7. The zero-order valence-corrected chi connectivity index (χ0v) is 22.8. The van der Waals surface area contributed by atoms with Crippen LogP contribution in [-0.4, -0.2) is 67.0 Å². The first-order valence-corrected chi connectivity index (χ1v) is 13.3. The summed E-state index contributed by atoms with van der Waals surface area (Å²) in [7, 11) is 1.63. The molecule has 0 saturated carbocycles. The van der Waals surface area contributed by atoms with Gasteiger partial charge in [0.25, 0.3) is 0 Å². The van der Waals surface area contributed by atoms with Gasteiger partial charge in [-0.15, -0.1) is 10.2 Å². The van der Waals surface area contributed by atoms with Gasteiger partial charge in [0.15, 0.2) is 5.82 Å². The van der Waals surface area contributed by atoms with Crippen LogP contribution in [0.15, 0.2) is 60.7 Å². The highest BCUT2D eigenvalue weighted by atomic mass is 32.2. The fourth-order valence-corrected chi connectivity index (χ4v) is 5.05. The maximum Gasteiger partial charge on any atom is 0.243 e. The van der Waals surface area contributed by atoms with Crippen LogP contribution in [0.5, 0.6) is 23.1 Å². The Bertz CT molecular complexity index is 1540. The third-order valence-corrected chi connectivity index (χ3v) is 7.78. The highest BCUT2D eigenvalue weighted by Crippen LogP contribution is 2.38.